The third-order valence-corrected chi connectivity index (χ3v) is 4.07. The number of piperazine rings is 1. The summed E-state index contributed by atoms with van der Waals surface area (Å²) in [6.07, 6.45) is 0.794. The highest BCUT2D eigenvalue weighted by Gasteiger charge is 2.31. The van der Waals surface area contributed by atoms with Crippen LogP contribution >= 0.6 is 0 Å². The summed E-state index contributed by atoms with van der Waals surface area (Å²) in [5.41, 5.74) is 1.05. The number of carbonyl (C=O) groups is 1. The molecule has 2 aliphatic rings. The SMILES string of the molecule is CN1CCN(C(=O)C2CCOc3ccccc32)CC1. The topological polar surface area (TPSA) is 32.8 Å². The van der Waals surface area contributed by atoms with Gasteiger partial charge in [-0.25, -0.2) is 0 Å². The molecule has 1 amide bonds. The second-order valence-corrected chi connectivity index (χ2v) is 5.36. The van der Waals surface area contributed by atoms with Crippen LogP contribution in [0.5, 0.6) is 5.75 Å². The van der Waals surface area contributed by atoms with E-state index in [4.69, 9.17) is 4.74 Å². The van der Waals surface area contributed by atoms with Gasteiger partial charge in [0.2, 0.25) is 5.91 Å². The van der Waals surface area contributed by atoms with Crippen LogP contribution in [-0.4, -0.2) is 55.5 Å². The fraction of sp³-hybridized carbons (Fsp3) is 0.533. The van der Waals surface area contributed by atoms with Crippen molar-refractivity contribution in [3.63, 3.8) is 0 Å². The number of hydrogen-bond donors (Lipinski definition) is 0. The average Bonchev–Trinajstić information content (AvgIpc) is 2.47. The maximum Gasteiger partial charge on any atom is 0.230 e. The maximum atomic E-state index is 12.7. The number of para-hydroxylation sites is 1. The van der Waals surface area contributed by atoms with Crippen molar-refractivity contribution in [1.29, 1.82) is 0 Å². The van der Waals surface area contributed by atoms with E-state index in [1.165, 1.54) is 0 Å². The largest absolute Gasteiger partial charge is 0.493 e. The average molecular weight is 260 g/mol. The Kier molecular flexibility index (Phi) is 3.42. The minimum Gasteiger partial charge on any atom is -0.493 e. The molecule has 0 aliphatic carbocycles. The predicted molar refractivity (Wildman–Crippen MR) is 73.4 cm³/mol. The first kappa shape index (κ1) is 12.5. The highest BCUT2D eigenvalue weighted by atomic mass is 16.5. The zero-order valence-corrected chi connectivity index (χ0v) is 11.3. The van der Waals surface area contributed by atoms with Crippen molar-refractivity contribution in [3.8, 4) is 5.75 Å². The summed E-state index contributed by atoms with van der Waals surface area (Å²) in [5.74, 6) is 1.12. The highest BCUT2D eigenvalue weighted by molar-refractivity contribution is 5.85. The summed E-state index contributed by atoms with van der Waals surface area (Å²) >= 11 is 0. The second-order valence-electron chi connectivity index (χ2n) is 5.36. The fourth-order valence-electron chi connectivity index (χ4n) is 2.85. The molecule has 0 aromatic heterocycles. The minimum atomic E-state index is -0.0200. The van der Waals surface area contributed by atoms with Gasteiger partial charge in [0.25, 0.3) is 0 Å². The Morgan fingerprint density at radius 2 is 1.95 bits per heavy atom. The maximum absolute atomic E-state index is 12.7. The number of carbonyl (C=O) groups excluding carboxylic acids is 1. The summed E-state index contributed by atoms with van der Waals surface area (Å²) in [7, 11) is 2.10. The number of fused-ring (bicyclic) bond motifs is 1. The van der Waals surface area contributed by atoms with Crippen molar-refractivity contribution in [2.75, 3.05) is 39.8 Å². The van der Waals surface area contributed by atoms with Gasteiger partial charge in [-0.05, 0) is 19.5 Å². The van der Waals surface area contributed by atoms with Crippen LogP contribution in [-0.2, 0) is 4.79 Å². The van der Waals surface area contributed by atoms with Crippen molar-refractivity contribution >= 4 is 5.91 Å². The van der Waals surface area contributed by atoms with Crippen LogP contribution in [0.3, 0.4) is 0 Å². The quantitative estimate of drug-likeness (QED) is 0.763. The van der Waals surface area contributed by atoms with E-state index in [0.29, 0.717) is 6.61 Å². The molecule has 3 rings (SSSR count). The molecule has 102 valence electrons. The fourth-order valence-corrected chi connectivity index (χ4v) is 2.85. The molecule has 0 radical (unpaired) electrons. The number of benzene rings is 1. The smallest absolute Gasteiger partial charge is 0.230 e. The summed E-state index contributed by atoms with van der Waals surface area (Å²) < 4.78 is 5.63. The Morgan fingerprint density at radius 1 is 1.21 bits per heavy atom. The van der Waals surface area contributed by atoms with Gasteiger partial charge in [0.15, 0.2) is 0 Å². The van der Waals surface area contributed by atoms with Crippen LogP contribution in [0.2, 0.25) is 0 Å². The Morgan fingerprint density at radius 3 is 2.74 bits per heavy atom. The summed E-state index contributed by atoms with van der Waals surface area (Å²) in [6, 6.07) is 7.92. The van der Waals surface area contributed by atoms with Gasteiger partial charge in [0.05, 0.1) is 12.5 Å². The van der Waals surface area contributed by atoms with E-state index in [2.05, 4.69) is 11.9 Å². The molecule has 1 unspecified atom stereocenters. The Hall–Kier alpha value is -1.55. The molecule has 2 heterocycles. The summed E-state index contributed by atoms with van der Waals surface area (Å²) in [5, 5.41) is 0. The number of ether oxygens (including phenoxy) is 1. The van der Waals surface area contributed by atoms with Gasteiger partial charge in [0, 0.05) is 31.7 Å². The van der Waals surface area contributed by atoms with Crippen LogP contribution in [0.4, 0.5) is 0 Å². The number of nitrogens with zero attached hydrogens (tertiary/aromatic N) is 2. The molecule has 0 N–H and O–H groups in total. The lowest BCUT2D eigenvalue weighted by Crippen LogP contribution is -2.49. The highest BCUT2D eigenvalue weighted by Crippen LogP contribution is 2.34. The monoisotopic (exact) mass is 260 g/mol. The molecule has 0 saturated carbocycles. The number of amides is 1. The van der Waals surface area contributed by atoms with Crippen LogP contribution in [0, 0.1) is 0 Å². The van der Waals surface area contributed by atoms with Crippen LogP contribution in [0.15, 0.2) is 24.3 Å². The van der Waals surface area contributed by atoms with Crippen LogP contribution < -0.4 is 4.74 Å². The number of hydrogen-bond acceptors (Lipinski definition) is 3. The van der Waals surface area contributed by atoms with Crippen molar-refractivity contribution in [1.82, 2.24) is 9.80 Å². The van der Waals surface area contributed by atoms with E-state index < -0.39 is 0 Å². The lowest BCUT2D eigenvalue weighted by Gasteiger charge is -2.36. The molecule has 4 nitrogen and oxygen atoms in total. The lowest BCUT2D eigenvalue weighted by molar-refractivity contribution is -0.135. The van der Waals surface area contributed by atoms with E-state index in [0.717, 1.165) is 43.9 Å². The summed E-state index contributed by atoms with van der Waals surface area (Å²) in [6.45, 7) is 4.26. The first-order valence-corrected chi connectivity index (χ1v) is 6.95. The standard InChI is InChI=1S/C15H20N2O2/c1-16-7-9-17(10-8-16)15(18)13-6-11-19-14-5-3-2-4-12(13)14/h2-5,13H,6-11H2,1H3. The zero-order valence-electron chi connectivity index (χ0n) is 11.3. The molecule has 1 saturated heterocycles. The molecule has 1 fully saturated rings. The van der Waals surface area contributed by atoms with Gasteiger partial charge in [0.1, 0.15) is 5.75 Å². The van der Waals surface area contributed by atoms with E-state index >= 15 is 0 Å². The molecular formula is C15H20N2O2. The van der Waals surface area contributed by atoms with E-state index in [9.17, 15) is 4.79 Å². The molecule has 19 heavy (non-hydrogen) atoms. The Balaban J connectivity index is 1.78. The van der Waals surface area contributed by atoms with E-state index in [-0.39, 0.29) is 11.8 Å². The van der Waals surface area contributed by atoms with Gasteiger partial charge in [-0.1, -0.05) is 18.2 Å². The molecule has 0 spiro atoms. The van der Waals surface area contributed by atoms with Crippen molar-refractivity contribution in [2.24, 2.45) is 0 Å². The predicted octanol–water partition coefficient (Wildman–Crippen LogP) is 1.33. The Bertz CT molecular complexity index is 467. The normalized spacial score (nSPS) is 23.6. The van der Waals surface area contributed by atoms with Gasteiger partial charge in [-0.15, -0.1) is 0 Å². The molecule has 1 aromatic rings. The third kappa shape index (κ3) is 2.45. The van der Waals surface area contributed by atoms with Crippen molar-refractivity contribution < 1.29 is 9.53 Å². The van der Waals surface area contributed by atoms with Gasteiger partial charge >= 0.3 is 0 Å². The molecule has 1 atom stereocenters. The van der Waals surface area contributed by atoms with E-state index in [1.807, 2.05) is 29.2 Å². The van der Waals surface area contributed by atoms with Crippen molar-refractivity contribution in [3.05, 3.63) is 29.8 Å². The molecule has 0 bridgehead atoms. The molecule has 1 aromatic carbocycles. The first-order valence-electron chi connectivity index (χ1n) is 6.95. The lowest BCUT2D eigenvalue weighted by atomic mass is 9.91. The third-order valence-electron chi connectivity index (χ3n) is 4.07. The molecule has 2 aliphatic heterocycles. The van der Waals surface area contributed by atoms with Gasteiger partial charge in [-0.3, -0.25) is 4.79 Å². The van der Waals surface area contributed by atoms with Crippen molar-refractivity contribution in [2.45, 2.75) is 12.3 Å². The van der Waals surface area contributed by atoms with Crippen LogP contribution in [0.25, 0.3) is 0 Å². The molecular weight excluding hydrogens is 240 g/mol. The number of rotatable bonds is 1. The minimum absolute atomic E-state index is 0.0200. The van der Waals surface area contributed by atoms with E-state index in [1.54, 1.807) is 0 Å². The van der Waals surface area contributed by atoms with Crippen LogP contribution in [0.1, 0.15) is 17.9 Å². The zero-order chi connectivity index (χ0) is 13.2. The first-order chi connectivity index (χ1) is 9.25. The summed E-state index contributed by atoms with van der Waals surface area (Å²) in [4.78, 5) is 16.9. The number of likely N-dealkylation sites (N-methyl/N-ethyl adjacent to an activating group) is 1. The molecule has 4 heteroatoms. The second kappa shape index (κ2) is 5.21. The van der Waals surface area contributed by atoms with Gasteiger partial charge in [-0.2, -0.15) is 0 Å². The Labute approximate surface area is 113 Å². The van der Waals surface area contributed by atoms with Gasteiger partial charge < -0.3 is 14.5 Å².